The fourth-order valence-electron chi connectivity index (χ4n) is 0.964. The van der Waals surface area contributed by atoms with E-state index in [1.165, 1.54) is 0 Å². The Labute approximate surface area is 95.3 Å². The Morgan fingerprint density at radius 2 is 2.00 bits per heavy atom. The van der Waals surface area contributed by atoms with E-state index in [9.17, 15) is 0 Å². The minimum atomic E-state index is 0.777. The molecule has 0 amide bonds. The Balaban J connectivity index is 3.01. The molecule has 0 saturated heterocycles. The summed E-state index contributed by atoms with van der Waals surface area (Å²) in [6.07, 6.45) is 6.99. The lowest BCUT2D eigenvalue weighted by atomic mass is 10.1. The maximum absolute atomic E-state index is 5.22. The van der Waals surface area contributed by atoms with Gasteiger partial charge >= 0.3 is 0 Å². The van der Waals surface area contributed by atoms with Crippen LogP contribution in [0.2, 0.25) is 0 Å². The number of benzene rings is 1. The molecule has 0 radical (unpaired) electrons. The third-order valence-corrected chi connectivity index (χ3v) is 2.75. The SMILES string of the molecule is C#C/C=C(\CBr)c1ccc(Br)cc1. The van der Waals surface area contributed by atoms with E-state index in [0.29, 0.717) is 0 Å². The van der Waals surface area contributed by atoms with E-state index in [1.807, 2.05) is 24.3 Å². The van der Waals surface area contributed by atoms with Crippen LogP contribution in [0.5, 0.6) is 0 Å². The fraction of sp³-hybridized carbons (Fsp3) is 0.0909. The quantitative estimate of drug-likeness (QED) is 0.575. The number of alkyl halides is 1. The number of rotatable bonds is 2. The lowest BCUT2D eigenvalue weighted by Crippen LogP contribution is -1.84. The molecule has 0 fully saturated rings. The number of hydrogen-bond acceptors (Lipinski definition) is 0. The van der Waals surface area contributed by atoms with Crippen molar-refractivity contribution in [3.63, 3.8) is 0 Å². The molecular weight excluding hydrogens is 292 g/mol. The molecule has 66 valence electrons. The zero-order valence-electron chi connectivity index (χ0n) is 6.93. The Kier molecular flexibility index (Phi) is 4.27. The van der Waals surface area contributed by atoms with E-state index in [0.717, 1.165) is 20.9 Å². The average molecular weight is 300 g/mol. The first-order chi connectivity index (χ1) is 6.27. The Bertz CT molecular complexity index is 341. The summed E-state index contributed by atoms with van der Waals surface area (Å²) in [5, 5.41) is 0.777. The standard InChI is InChI=1S/C11H8Br2/c1-2-3-10(8-12)9-4-6-11(13)7-5-9/h1,3-7H,8H2/b10-3+. The van der Waals surface area contributed by atoms with Crippen LogP contribution in [-0.2, 0) is 0 Å². The molecule has 0 aliphatic carbocycles. The van der Waals surface area contributed by atoms with E-state index < -0.39 is 0 Å². The zero-order chi connectivity index (χ0) is 9.68. The summed E-state index contributed by atoms with van der Waals surface area (Å²) in [7, 11) is 0. The van der Waals surface area contributed by atoms with Gasteiger partial charge in [-0.25, -0.2) is 0 Å². The third-order valence-electron chi connectivity index (χ3n) is 1.62. The second kappa shape index (κ2) is 5.26. The molecule has 0 heterocycles. The molecule has 1 aromatic rings. The molecule has 2 heteroatoms. The summed E-state index contributed by atoms with van der Waals surface area (Å²) in [6.45, 7) is 0. The van der Waals surface area contributed by atoms with Gasteiger partial charge in [-0.3, -0.25) is 0 Å². The first kappa shape index (κ1) is 10.6. The van der Waals surface area contributed by atoms with Gasteiger partial charge in [-0.2, -0.15) is 0 Å². The molecule has 0 saturated carbocycles. The van der Waals surface area contributed by atoms with Gasteiger partial charge in [-0.1, -0.05) is 49.9 Å². The highest BCUT2D eigenvalue weighted by Crippen LogP contribution is 2.19. The van der Waals surface area contributed by atoms with E-state index in [-0.39, 0.29) is 0 Å². The van der Waals surface area contributed by atoms with Gasteiger partial charge in [0.05, 0.1) is 0 Å². The molecule has 1 rings (SSSR count). The minimum Gasteiger partial charge on any atom is -0.115 e. The van der Waals surface area contributed by atoms with Crippen LogP contribution in [0.1, 0.15) is 5.56 Å². The van der Waals surface area contributed by atoms with Crippen molar-refractivity contribution in [2.24, 2.45) is 0 Å². The largest absolute Gasteiger partial charge is 0.115 e. The Morgan fingerprint density at radius 1 is 1.38 bits per heavy atom. The average Bonchev–Trinajstić information content (AvgIpc) is 2.16. The molecule has 0 spiro atoms. The van der Waals surface area contributed by atoms with Crippen LogP contribution in [0.15, 0.2) is 34.8 Å². The summed E-state index contributed by atoms with van der Waals surface area (Å²) >= 11 is 6.78. The van der Waals surface area contributed by atoms with Crippen molar-refractivity contribution in [1.82, 2.24) is 0 Å². The maximum Gasteiger partial charge on any atom is 0.0295 e. The van der Waals surface area contributed by atoms with E-state index in [2.05, 4.69) is 37.8 Å². The van der Waals surface area contributed by atoms with Crippen LogP contribution < -0.4 is 0 Å². The van der Waals surface area contributed by atoms with Gasteiger partial charge in [0.1, 0.15) is 0 Å². The van der Waals surface area contributed by atoms with Crippen LogP contribution in [0, 0.1) is 12.3 Å². The van der Waals surface area contributed by atoms with E-state index >= 15 is 0 Å². The van der Waals surface area contributed by atoms with Crippen LogP contribution in [0.4, 0.5) is 0 Å². The molecular formula is C11H8Br2. The lowest BCUT2D eigenvalue weighted by molar-refractivity contribution is 1.56. The molecule has 0 atom stereocenters. The lowest BCUT2D eigenvalue weighted by Gasteiger charge is -2.01. The molecule has 0 nitrogen and oxygen atoms in total. The minimum absolute atomic E-state index is 0.777. The van der Waals surface area contributed by atoms with Gasteiger partial charge in [0.15, 0.2) is 0 Å². The van der Waals surface area contributed by atoms with E-state index in [4.69, 9.17) is 6.42 Å². The van der Waals surface area contributed by atoms with Gasteiger partial charge in [0.2, 0.25) is 0 Å². The van der Waals surface area contributed by atoms with E-state index in [1.54, 1.807) is 6.08 Å². The number of halogens is 2. The van der Waals surface area contributed by atoms with Crippen LogP contribution in [0.3, 0.4) is 0 Å². The zero-order valence-corrected chi connectivity index (χ0v) is 10.1. The highest BCUT2D eigenvalue weighted by molar-refractivity contribution is 9.10. The fourth-order valence-corrected chi connectivity index (χ4v) is 1.71. The molecule has 0 bridgehead atoms. The highest BCUT2D eigenvalue weighted by Gasteiger charge is 1.98. The number of hydrogen-bond donors (Lipinski definition) is 0. The van der Waals surface area contributed by atoms with Crippen molar-refractivity contribution in [2.75, 3.05) is 5.33 Å². The Morgan fingerprint density at radius 3 is 2.46 bits per heavy atom. The normalized spacial score (nSPS) is 11.0. The van der Waals surface area contributed by atoms with Gasteiger partial charge in [0.25, 0.3) is 0 Å². The topological polar surface area (TPSA) is 0 Å². The van der Waals surface area contributed by atoms with Crippen LogP contribution >= 0.6 is 31.9 Å². The van der Waals surface area contributed by atoms with Crippen molar-refractivity contribution >= 4 is 37.4 Å². The summed E-state index contributed by atoms with van der Waals surface area (Å²) in [6, 6.07) is 8.08. The summed E-state index contributed by atoms with van der Waals surface area (Å²) < 4.78 is 1.07. The van der Waals surface area contributed by atoms with Gasteiger partial charge in [0, 0.05) is 9.80 Å². The number of allylic oxidation sites excluding steroid dienone is 2. The summed E-state index contributed by atoms with van der Waals surface area (Å²) in [5.41, 5.74) is 2.27. The maximum atomic E-state index is 5.22. The van der Waals surface area contributed by atoms with Crippen molar-refractivity contribution < 1.29 is 0 Å². The smallest absolute Gasteiger partial charge is 0.0295 e. The first-order valence-corrected chi connectivity index (χ1v) is 5.66. The second-order valence-electron chi connectivity index (χ2n) is 2.48. The molecule has 13 heavy (non-hydrogen) atoms. The molecule has 0 aliphatic rings. The van der Waals surface area contributed by atoms with Crippen molar-refractivity contribution in [1.29, 1.82) is 0 Å². The molecule has 0 N–H and O–H groups in total. The van der Waals surface area contributed by atoms with Gasteiger partial charge in [-0.15, -0.1) is 6.42 Å². The summed E-state index contributed by atoms with van der Waals surface area (Å²) in [4.78, 5) is 0. The van der Waals surface area contributed by atoms with Crippen molar-refractivity contribution in [3.05, 3.63) is 40.4 Å². The molecule has 0 aromatic heterocycles. The molecule has 0 unspecified atom stereocenters. The Hall–Kier alpha value is -0.520. The van der Waals surface area contributed by atoms with Crippen LogP contribution in [0.25, 0.3) is 5.57 Å². The summed E-state index contributed by atoms with van der Waals surface area (Å²) in [5.74, 6) is 2.53. The molecule has 1 aromatic carbocycles. The van der Waals surface area contributed by atoms with Crippen molar-refractivity contribution in [3.8, 4) is 12.3 Å². The van der Waals surface area contributed by atoms with Crippen LogP contribution in [-0.4, -0.2) is 5.33 Å². The monoisotopic (exact) mass is 298 g/mol. The van der Waals surface area contributed by atoms with Gasteiger partial charge in [-0.05, 0) is 29.3 Å². The second-order valence-corrected chi connectivity index (χ2v) is 3.95. The molecule has 0 aliphatic heterocycles. The highest BCUT2D eigenvalue weighted by atomic mass is 79.9. The third kappa shape index (κ3) is 3.02. The predicted molar refractivity (Wildman–Crippen MR) is 64.7 cm³/mol. The number of terminal acetylenes is 1. The van der Waals surface area contributed by atoms with Gasteiger partial charge < -0.3 is 0 Å². The predicted octanol–water partition coefficient (Wildman–Crippen LogP) is 3.86. The van der Waals surface area contributed by atoms with Crippen molar-refractivity contribution in [2.45, 2.75) is 0 Å². The first-order valence-electron chi connectivity index (χ1n) is 3.75.